The minimum Gasteiger partial charge on any atom is -0.448 e. The Morgan fingerprint density at radius 2 is 1.74 bits per heavy atom. The van der Waals surface area contributed by atoms with Gasteiger partial charge in [-0.2, -0.15) is 0 Å². The van der Waals surface area contributed by atoms with Gasteiger partial charge in [-0.1, -0.05) is 0 Å². The van der Waals surface area contributed by atoms with Crippen molar-refractivity contribution < 1.29 is 43.9 Å². The van der Waals surface area contributed by atoms with Crippen molar-refractivity contribution >= 4 is 17.9 Å². The number of aliphatic hydroxyl groups excluding tert-OH is 1. The van der Waals surface area contributed by atoms with Crippen LogP contribution in [0.1, 0.15) is 19.8 Å². The molecule has 0 radical (unpaired) electrons. The number of hydrogen-bond acceptors (Lipinski definition) is 9. The predicted molar refractivity (Wildman–Crippen MR) is 52.9 cm³/mol. The van der Waals surface area contributed by atoms with Crippen LogP contribution in [0.15, 0.2) is 0 Å². The topological polar surface area (TPSA) is 140 Å². The van der Waals surface area contributed by atoms with Gasteiger partial charge in [-0.15, -0.1) is 0 Å². The van der Waals surface area contributed by atoms with Crippen molar-refractivity contribution in [1.29, 1.82) is 0 Å². The fourth-order valence-electron chi connectivity index (χ4n) is 1.91. The summed E-state index contributed by atoms with van der Waals surface area (Å²) in [6, 6.07) is 0. The third-order valence-electron chi connectivity index (χ3n) is 2.81. The number of aliphatic hydroxyl groups is 3. The molecule has 2 saturated heterocycles. The van der Waals surface area contributed by atoms with E-state index in [0.29, 0.717) is 0 Å². The molecule has 0 aromatic carbocycles. The van der Waals surface area contributed by atoms with E-state index in [9.17, 15) is 29.7 Å². The molecule has 0 aromatic heterocycles. The molecule has 2 aliphatic rings. The van der Waals surface area contributed by atoms with E-state index in [1.165, 1.54) is 0 Å². The van der Waals surface area contributed by atoms with E-state index in [1.807, 2.05) is 0 Å². The van der Waals surface area contributed by atoms with Gasteiger partial charge in [0.25, 0.3) is 0 Å². The van der Waals surface area contributed by atoms with Gasteiger partial charge in [-0.25, -0.2) is 4.79 Å². The highest BCUT2D eigenvalue weighted by Gasteiger charge is 2.60. The van der Waals surface area contributed by atoms with E-state index >= 15 is 0 Å². The molecule has 2 aliphatic heterocycles. The monoisotopic (exact) mass is 276 g/mol. The van der Waals surface area contributed by atoms with Crippen molar-refractivity contribution in [3.8, 4) is 0 Å². The van der Waals surface area contributed by atoms with E-state index in [2.05, 4.69) is 14.2 Å². The van der Waals surface area contributed by atoms with Crippen LogP contribution in [-0.2, 0) is 28.6 Å². The summed E-state index contributed by atoms with van der Waals surface area (Å²) in [5, 5.41) is 29.3. The molecule has 106 valence electrons. The van der Waals surface area contributed by atoms with E-state index in [-0.39, 0.29) is 0 Å². The molecule has 0 amide bonds. The maximum absolute atomic E-state index is 11.7. The maximum atomic E-state index is 11.7. The van der Waals surface area contributed by atoms with E-state index < -0.39 is 54.5 Å². The second-order valence-electron chi connectivity index (χ2n) is 4.53. The first-order chi connectivity index (χ1) is 8.66. The first kappa shape index (κ1) is 13.7. The molecule has 2 heterocycles. The summed E-state index contributed by atoms with van der Waals surface area (Å²) >= 11 is 0. The molecule has 9 nitrogen and oxygen atoms in total. The van der Waals surface area contributed by atoms with Crippen LogP contribution >= 0.6 is 0 Å². The van der Waals surface area contributed by atoms with Crippen LogP contribution in [0.4, 0.5) is 0 Å². The lowest BCUT2D eigenvalue weighted by Gasteiger charge is -2.35. The minimum atomic E-state index is -2.97. The third-order valence-corrected chi connectivity index (χ3v) is 2.81. The molecule has 0 aromatic rings. The Hall–Kier alpha value is -1.71. The van der Waals surface area contributed by atoms with Crippen LogP contribution in [0.25, 0.3) is 0 Å². The van der Waals surface area contributed by atoms with Crippen LogP contribution in [0, 0.1) is 0 Å². The number of carbonyl (C=O) groups is 3. The van der Waals surface area contributed by atoms with Gasteiger partial charge in [-0.3, -0.25) is 9.59 Å². The quantitative estimate of drug-likeness (QED) is 0.445. The number of fused-ring (bicyclic) bond motifs is 3. The fraction of sp³-hybridized carbons (Fsp3) is 0.700. The molecule has 3 N–H and O–H groups in total. The molecule has 2 rings (SSSR count). The Labute approximate surface area is 106 Å². The van der Waals surface area contributed by atoms with Gasteiger partial charge in [0, 0.05) is 0 Å². The second-order valence-corrected chi connectivity index (χ2v) is 4.53. The standard InChI is InChI=1S/C10H12O9/c1-4(11)7-10(16)18-6(13)3-9(15,8(14)19-10)2-5(12)17-7/h4,7,11,15-16H,2-3H2,1H3. The molecule has 2 bridgehead atoms. The summed E-state index contributed by atoms with van der Waals surface area (Å²) < 4.78 is 13.6. The molecule has 0 spiro atoms. The molecule has 0 aliphatic carbocycles. The number of carbonyl (C=O) groups excluding carboxylic acids is 3. The number of cyclic esters (lactones) is 1. The van der Waals surface area contributed by atoms with Gasteiger partial charge in [0.05, 0.1) is 18.9 Å². The summed E-state index contributed by atoms with van der Waals surface area (Å²) in [4.78, 5) is 34.7. The van der Waals surface area contributed by atoms with E-state index in [0.717, 1.165) is 6.92 Å². The van der Waals surface area contributed by atoms with Crippen molar-refractivity contribution in [3.05, 3.63) is 0 Å². The van der Waals surface area contributed by atoms with Gasteiger partial charge < -0.3 is 29.5 Å². The summed E-state index contributed by atoms with van der Waals surface area (Å²) in [5.41, 5.74) is -2.46. The molecule has 2 fully saturated rings. The first-order valence-corrected chi connectivity index (χ1v) is 5.44. The van der Waals surface area contributed by atoms with Gasteiger partial charge in [0.1, 0.15) is 0 Å². The Morgan fingerprint density at radius 3 is 2.32 bits per heavy atom. The number of esters is 3. The third kappa shape index (κ3) is 2.27. The maximum Gasteiger partial charge on any atom is 0.415 e. The van der Waals surface area contributed by atoms with Crippen molar-refractivity contribution in [2.75, 3.05) is 0 Å². The Balaban J connectivity index is 2.50. The van der Waals surface area contributed by atoms with Gasteiger partial charge in [0.15, 0.2) is 5.60 Å². The van der Waals surface area contributed by atoms with Crippen LogP contribution in [-0.4, -0.2) is 57.0 Å². The highest BCUT2D eigenvalue weighted by Crippen LogP contribution is 2.34. The number of rotatable bonds is 1. The zero-order valence-corrected chi connectivity index (χ0v) is 9.86. The predicted octanol–water partition coefficient (Wildman–Crippen LogP) is -2.45. The summed E-state index contributed by atoms with van der Waals surface area (Å²) in [6.45, 7) is 1.14. The number of hydrogen-bond donors (Lipinski definition) is 3. The van der Waals surface area contributed by atoms with Gasteiger partial charge in [0.2, 0.25) is 6.10 Å². The summed E-state index contributed by atoms with van der Waals surface area (Å²) in [5.74, 6) is -6.62. The molecule has 9 heteroatoms. The van der Waals surface area contributed by atoms with Gasteiger partial charge >= 0.3 is 23.9 Å². The highest BCUT2D eigenvalue weighted by atomic mass is 16.9. The Kier molecular flexibility index (Phi) is 3.00. The minimum absolute atomic E-state index is 0.847. The van der Waals surface area contributed by atoms with Crippen molar-refractivity contribution in [2.45, 2.75) is 43.5 Å². The van der Waals surface area contributed by atoms with Crippen molar-refractivity contribution in [3.63, 3.8) is 0 Å². The molecule has 19 heavy (non-hydrogen) atoms. The van der Waals surface area contributed by atoms with Crippen molar-refractivity contribution in [2.24, 2.45) is 0 Å². The molecule has 0 saturated carbocycles. The highest BCUT2D eigenvalue weighted by molar-refractivity contribution is 5.91. The van der Waals surface area contributed by atoms with Crippen molar-refractivity contribution in [1.82, 2.24) is 0 Å². The largest absolute Gasteiger partial charge is 0.448 e. The fourth-order valence-corrected chi connectivity index (χ4v) is 1.91. The van der Waals surface area contributed by atoms with E-state index in [1.54, 1.807) is 0 Å². The van der Waals surface area contributed by atoms with Crippen LogP contribution in [0.2, 0.25) is 0 Å². The SMILES string of the molecule is CC(O)C1OC(=O)CC2(O)CC(=O)OC1(O)OC2=O. The lowest BCUT2D eigenvalue weighted by atomic mass is 9.95. The smallest absolute Gasteiger partial charge is 0.415 e. The average Bonchev–Trinajstić information content (AvgIpc) is 2.27. The average molecular weight is 276 g/mol. The molecular weight excluding hydrogens is 264 g/mol. The summed E-state index contributed by atoms with van der Waals surface area (Å²) in [6.07, 6.45) is -5.01. The lowest BCUT2D eigenvalue weighted by molar-refractivity contribution is -0.371. The first-order valence-electron chi connectivity index (χ1n) is 5.44. The van der Waals surface area contributed by atoms with Gasteiger partial charge in [-0.05, 0) is 6.92 Å². The zero-order valence-electron chi connectivity index (χ0n) is 9.86. The van der Waals surface area contributed by atoms with E-state index in [4.69, 9.17) is 0 Å². The molecular formula is C10H12O9. The normalized spacial score (nSPS) is 40.4. The Bertz CT molecular complexity index is 444. The molecule has 4 unspecified atom stereocenters. The zero-order chi connectivity index (χ0) is 14.4. The van der Waals surface area contributed by atoms with Crippen LogP contribution in [0.5, 0.6) is 0 Å². The number of ether oxygens (including phenoxy) is 3. The molecule has 4 atom stereocenters. The van der Waals surface area contributed by atoms with Crippen LogP contribution < -0.4 is 0 Å². The Morgan fingerprint density at radius 1 is 1.16 bits per heavy atom. The summed E-state index contributed by atoms with van der Waals surface area (Å²) in [7, 11) is 0. The second kappa shape index (κ2) is 4.15. The lowest BCUT2D eigenvalue weighted by Crippen LogP contribution is -2.58. The van der Waals surface area contributed by atoms with Crippen LogP contribution in [0.3, 0.4) is 0 Å².